The van der Waals surface area contributed by atoms with Crippen LogP contribution in [0.4, 0.5) is 34.6 Å². The quantitative estimate of drug-likeness (QED) is 0.0222. The number of rotatable bonds is 10. The molecule has 4 aromatic rings. The summed E-state index contributed by atoms with van der Waals surface area (Å²) in [6, 6.07) is 5.93. The van der Waals surface area contributed by atoms with Crippen molar-refractivity contribution in [3.05, 3.63) is 46.9 Å². The van der Waals surface area contributed by atoms with Gasteiger partial charge in [0.05, 0.1) is 45.6 Å². The summed E-state index contributed by atoms with van der Waals surface area (Å²) in [5.41, 5.74) is 3.58. The average molecular weight is 765 g/mol. The molecule has 26 heteroatoms. The second-order valence-electron chi connectivity index (χ2n) is 9.22. The molecular weight excluding hydrogens is 745 g/mol. The van der Waals surface area contributed by atoms with E-state index in [1.165, 1.54) is 0 Å². The zero-order chi connectivity index (χ0) is 33.2. The molecule has 0 unspecified atom stereocenters. The molecule has 0 saturated carbocycles. The molecule has 0 atom stereocenters. The Morgan fingerprint density at radius 1 is 1.02 bits per heavy atom. The predicted molar refractivity (Wildman–Crippen MR) is 154 cm³/mol. The van der Waals surface area contributed by atoms with Crippen LogP contribution in [0.3, 0.4) is 0 Å². The Bertz CT molecular complexity index is 2140. The van der Waals surface area contributed by atoms with E-state index < -0.39 is 52.8 Å². The number of anilines is 4. The molecule has 5 rings (SSSR count). The molecular formula is C23H19N8Na3O12S3. The summed E-state index contributed by atoms with van der Waals surface area (Å²) in [7, 11) is -10.2. The number of phenols is 1. The summed E-state index contributed by atoms with van der Waals surface area (Å²) in [5.74, 6) is -1.04. The molecule has 0 aliphatic carbocycles. The minimum absolute atomic E-state index is 0. The summed E-state index contributed by atoms with van der Waals surface area (Å²) in [6.45, 7) is 1.42. The molecule has 1 saturated heterocycles. The Hall–Kier alpha value is -1.46. The largest absolute Gasteiger partial charge is 1.00 e. The average Bonchev–Trinajstić information content (AvgIpc) is 2.98. The van der Waals surface area contributed by atoms with E-state index in [0.29, 0.717) is 26.3 Å². The number of aromatic amines is 1. The van der Waals surface area contributed by atoms with Crippen LogP contribution in [0.15, 0.2) is 66.1 Å². The summed E-state index contributed by atoms with van der Waals surface area (Å²) in [4.78, 5) is 22.6. The van der Waals surface area contributed by atoms with Crippen molar-refractivity contribution in [2.45, 2.75) is 14.7 Å². The van der Waals surface area contributed by atoms with Gasteiger partial charge in [0.15, 0.2) is 5.75 Å². The van der Waals surface area contributed by atoms with Crippen molar-refractivity contribution in [3.8, 4) is 5.75 Å². The van der Waals surface area contributed by atoms with Crippen LogP contribution >= 0.6 is 12.0 Å². The second-order valence-corrected chi connectivity index (χ2v) is 12.7. The molecule has 2 heterocycles. The molecule has 1 fully saturated rings. The molecule has 49 heavy (non-hydrogen) atoms. The normalized spacial score (nSPS) is 13.4. The number of aromatic hydroxyl groups is 1. The van der Waals surface area contributed by atoms with Gasteiger partial charge in [-0.25, -0.2) is 21.6 Å². The van der Waals surface area contributed by atoms with Gasteiger partial charge in [-0.15, -0.1) is 10.2 Å². The van der Waals surface area contributed by atoms with Crippen molar-refractivity contribution in [3.63, 3.8) is 0 Å². The number of phenolic OH excluding ortho intramolecular Hbond substituents is 1. The Balaban J connectivity index is 0.00000278. The number of hydrogen-bond donors (Lipinski definition) is 4. The number of ether oxygens (including phenoxy) is 1. The van der Waals surface area contributed by atoms with Crippen molar-refractivity contribution in [1.29, 1.82) is 0 Å². The first-order chi connectivity index (χ1) is 21.7. The van der Waals surface area contributed by atoms with E-state index in [4.69, 9.17) is 10.5 Å². The minimum Gasteiger partial charge on any atom is -0.744 e. The topological polar surface area (TPSA) is 310 Å². The van der Waals surface area contributed by atoms with Gasteiger partial charge in [-0.1, -0.05) is 0 Å². The molecule has 1 aromatic heterocycles. The van der Waals surface area contributed by atoms with E-state index in [2.05, 4.69) is 39.9 Å². The molecule has 20 nitrogen and oxygen atoms in total. The fourth-order valence-corrected chi connectivity index (χ4v) is 5.92. The minimum atomic E-state index is -5.12. The smallest absolute Gasteiger partial charge is 0.744 e. The molecule has 244 valence electrons. The fraction of sp³-hybridized carbons (Fsp3) is 0.174. The van der Waals surface area contributed by atoms with Crippen molar-refractivity contribution < 1.29 is 139 Å². The number of benzene rings is 3. The summed E-state index contributed by atoms with van der Waals surface area (Å²) >= 11 is 0.182. The number of H-pyrrole nitrogens is 1. The number of nitrogens with zero attached hydrogens (tertiary/aromatic N) is 5. The van der Waals surface area contributed by atoms with Crippen LogP contribution in [0.1, 0.15) is 0 Å². The second kappa shape index (κ2) is 18.3. The molecule has 0 radical (unpaired) electrons. The molecule has 0 spiro atoms. The summed E-state index contributed by atoms with van der Waals surface area (Å²) < 4.78 is 81.0. The third kappa shape index (κ3) is 10.8. The molecule has 1 aliphatic rings. The maximum absolute atomic E-state index is 12.4. The first kappa shape index (κ1) is 43.7. The van der Waals surface area contributed by atoms with Gasteiger partial charge in [0.25, 0.3) is 0 Å². The van der Waals surface area contributed by atoms with Gasteiger partial charge in [-0.05, 0) is 41.8 Å². The van der Waals surface area contributed by atoms with E-state index in [-0.39, 0.29) is 140 Å². The number of morpholine rings is 1. The first-order valence-electron chi connectivity index (χ1n) is 12.5. The van der Waals surface area contributed by atoms with Gasteiger partial charge >= 0.3 is 94.4 Å². The maximum Gasteiger partial charge on any atom is 1.00 e. The number of fused-ring (bicyclic) bond motifs is 1. The zero-order valence-corrected chi connectivity index (χ0v) is 34.2. The maximum atomic E-state index is 12.4. The molecule has 5 N–H and O–H groups in total. The first-order valence-corrected chi connectivity index (χ1v) is 16.1. The Kier molecular flexibility index (Phi) is 16.4. The van der Waals surface area contributed by atoms with Crippen LogP contribution in [-0.4, -0.2) is 72.3 Å². The Morgan fingerprint density at radius 2 is 1.71 bits per heavy atom. The van der Waals surface area contributed by atoms with Gasteiger partial charge in [0.2, 0.25) is 11.9 Å². The van der Waals surface area contributed by atoms with Gasteiger partial charge in [0.1, 0.15) is 31.6 Å². The van der Waals surface area contributed by atoms with Crippen LogP contribution in [0.2, 0.25) is 0 Å². The number of azo groups is 1. The van der Waals surface area contributed by atoms with Crippen LogP contribution in [-0.2, 0) is 34.3 Å². The predicted octanol–water partition coefficient (Wildman–Crippen LogP) is -8.35. The third-order valence-electron chi connectivity index (χ3n) is 6.26. The number of nitrogen functional groups attached to an aromatic ring is 1. The van der Waals surface area contributed by atoms with Crippen LogP contribution < -0.4 is 116 Å². The third-order valence-corrected chi connectivity index (χ3v) is 8.57. The van der Waals surface area contributed by atoms with Crippen molar-refractivity contribution in [2.75, 3.05) is 42.3 Å². The zero-order valence-electron chi connectivity index (χ0n) is 25.8. The van der Waals surface area contributed by atoms with E-state index in [0.717, 1.165) is 36.4 Å². The number of nitrogens with one attached hydrogen (secondary N) is 2. The molecule has 0 bridgehead atoms. The molecule has 1 aliphatic heterocycles. The van der Waals surface area contributed by atoms with Crippen LogP contribution in [0, 0.1) is 0 Å². The van der Waals surface area contributed by atoms with Crippen molar-refractivity contribution in [1.82, 2.24) is 15.0 Å². The van der Waals surface area contributed by atoms with E-state index in [9.17, 15) is 41.1 Å². The van der Waals surface area contributed by atoms with E-state index >= 15 is 0 Å². The van der Waals surface area contributed by atoms with Crippen LogP contribution in [0.5, 0.6) is 5.75 Å². The van der Waals surface area contributed by atoms with Crippen molar-refractivity contribution >= 4 is 77.7 Å². The number of nitrogens with two attached hydrogens (primary N) is 1. The number of aromatic nitrogens is 3. The van der Waals surface area contributed by atoms with E-state index in [1.54, 1.807) is 4.90 Å². The molecule has 3 aromatic carbocycles. The van der Waals surface area contributed by atoms with Gasteiger partial charge in [0, 0.05) is 24.2 Å². The van der Waals surface area contributed by atoms with Gasteiger partial charge < -0.3 is 40.2 Å². The van der Waals surface area contributed by atoms with Crippen LogP contribution in [0.25, 0.3) is 10.8 Å². The Labute approximate surface area is 347 Å². The monoisotopic (exact) mass is 764 g/mol. The van der Waals surface area contributed by atoms with Gasteiger partial charge in [-0.2, -0.15) is 14.3 Å². The summed E-state index contributed by atoms with van der Waals surface area (Å²) in [5, 5.41) is 35.3. The number of hydrogen-bond acceptors (Lipinski definition) is 20. The Morgan fingerprint density at radius 3 is 2.35 bits per heavy atom. The summed E-state index contributed by atoms with van der Waals surface area (Å²) in [6.07, 6.45) is 0. The van der Waals surface area contributed by atoms with Crippen molar-refractivity contribution in [2.24, 2.45) is 10.2 Å². The molecule has 0 amide bonds. The van der Waals surface area contributed by atoms with E-state index in [1.807, 2.05) is 0 Å². The fourth-order valence-electron chi connectivity index (χ4n) is 4.31. The SMILES string of the molecule is Nc1ccc(S(=O)(=O)[O-])c(N=Nc2c(SOO[O-])cc3cc(S(=O)(=O)[O-])cc(Nc4nc(N5CCOCC5)nc(=O)[nH]4)c3c2O)c1.[Na+].[Na+].[Na+]. The standard InChI is InChI=1S/C23H22N8O12S3.3Na/c24-12-1-2-17(46(38,39)40)14(9-12)29-30-19-16(44-43-42-34)8-11-7-13(45(35,36)37)10-15(18(11)20(19)32)25-21-26-22(28-23(33)27-21)31-3-5-41-6-4-31;;;/h1-2,7-10,32,34H,3-6,24H2,(H,35,36,37)(H,38,39,40)(H2,25,26,27,28,33);;;/q;3*+1/p-3. The van der Waals surface area contributed by atoms with Gasteiger partial charge in [-0.3, -0.25) is 10.0 Å².